The van der Waals surface area contributed by atoms with Gasteiger partial charge in [-0.3, -0.25) is 0 Å². The lowest BCUT2D eigenvalue weighted by atomic mass is 9.91. The van der Waals surface area contributed by atoms with Crippen molar-refractivity contribution in [2.75, 3.05) is 13.7 Å². The summed E-state index contributed by atoms with van der Waals surface area (Å²) in [6.45, 7) is 4.40. The number of hydrogen-bond donors (Lipinski definition) is 2. The number of aliphatic hydroxyl groups is 1. The second-order valence-corrected chi connectivity index (χ2v) is 4.84. The maximum atomic E-state index is 10.1. The molecule has 1 atom stereocenters. The fraction of sp³-hybridized carbons (Fsp3) is 0.538. The summed E-state index contributed by atoms with van der Waals surface area (Å²) in [6.07, 6.45) is 0.964. The van der Waals surface area contributed by atoms with Crippen molar-refractivity contribution in [1.29, 1.82) is 0 Å². The van der Waals surface area contributed by atoms with Crippen LogP contribution in [0.5, 0.6) is 5.75 Å². The van der Waals surface area contributed by atoms with Crippen LogP contribution in [0.3, 0.4) is 0 Å². The quantitative estimate of drug-likeness (QED) is 0.815. The van der Waals surface area contributed by atoms with Gasteiger partial charge in [0.25, 0.3) is 0 Å². The molecule has 0 aromatic heterocycles. The molecule has 2 rings (SSSR count). The van der Waals surface area contributed by atoms with E-state index < -0.39 is 5.60 Å². The zero-order chi connectivity index (χ0) is 11.8. The molecule has 0 saturated carbocycles. The minimum absolute atomic E-state index is 0.0570. The van der Waals surface area contributed by atoms with Crippen molar-refractivity contribution in [2.24, 2.45) is 0 Å². The first kappa shape index (κ1) is 11.4. The van der Waals surface area contributed by atoms with Crippen LogP contribution in [0, 0.1) is 0 Å². The topological polar surface area (TPSA) is 41.5 Å². The predicted octanol–water partition coefficient (Wildman–Crippen LogP) is 1.65. The van der Waals surface area contributed by atoms with Crippen molar-refractivity contribution in [3.05, 3.63) is 29.3 Å². The molecular formula is C13H19NO2. The van der Waals surface area contributed by atoms with Crippen molar-refractivity contribution in [1.82, 2.24) is 5.32 Å². The molecule has 3 heteroatoms. The third kappa shape index (κ3) is 2.06. The molecule has 16 heavy (non-hydrogen) atoms. The van der Waals surface area contributed by atoms with E-state index in [4.69, 9.17) is 4.74 Å². The van der Waals surface area contributed by atoms with Crippen LogP contribution in [0.1, 0.15) is 31.0 Å². The summed E-state index contributed by atoms with van der Waals surface area (Å²) in [5.74, 6) is 0.981. The Morgan fingerprint density at radius 2 is 2.19 bits per heavy atom. The molecule has 0 bridgehead atoms. The van der Waals surface area contributed by atoms with E-state index in [9.17, 15) is 5.11 Å². The van der Waals surface area contributed by atoms with Crippen LogP contribution in [0.2, 0.25) is 0 Å². The number of hydrogen-bond acceptors (Lipinski definition) is 3. The Balaban J connectivity index is 2.33. The molecule has 0 radical (unpaired) electrons. The highest BCUT2D eigenvalue weighted by Gasteiger charge is 2.27. The summed E-state index contributed by atoms with van der Waals surface area (Å²) < 4.78 is 5.47. The Labute approximate surface area is 96.4 Å². The third-order valence-corrected chi connectivity index (χ3v) is 3.04. The Morgan fingerprint density at radius 1 is 1.44 bits per heavy atom. The van der Waals surface area contributed by atoms with E-state index in [0.717, 1.165) is 24.3 Å². The highest BCUT2D eigenvalue weighted by atomic mass is 16.5. The van der Waals surface area contributed by atoms with Crippen molar-refractivity contribution in [3.63, 3.8) is 0 Å². The van der Waals surface area contributed by atoms with Gasteiger partial charge in [-0.25, -0.2) is 0 Å². The van der Waals surface area contributed by atoms with Gasteiger partial charge in [0.1, 0.15) is 5.75 Å². The van der Waals surface area contributed by atoms with Gasteiger partial charge in [0.2, 0.25) is 0 Å². The van der Waals surface area contributed by atoms with Crippen LogP contribution in [0.15, 0.2) is 18.2 Å². The summed E-state index contributed by atoms with van der Waals surface area (Å²) in [5, 5.41) is 13.2. The third-order valence-electron chi connectivity index (χ3n) is 3.04. The molecule has 1 aliphatic heterocycles. The Kier molecular flexibility index (Phi) is 2.91. The van der Waals surface area contributed by atoms with Gasteiger partial charge >= 0.3 is 0 Å². The molecule has 0 saturated heterocycles. The van der Waals surface area contributed by atoms with Gasteiger partial charge in [-0.15, -0.1) is 0 Å². The fourth-order valence-electron chi connectivity index (χ4n) is 2.31. The van der Waals surface area contributed by atoms with Gasteiger partial charge in [-0.2, -0.15) is 0 Å². The van der Waals surface area contributed by atoms with Crippen LogP contribution in [0.4, 0.5) is 0 Å². The van der Waals surface area contributed by atoms with Gasteiger partial charge in [0.05, 0.1) is 18.2 Å². The van der Waals surface area contributed by atoms with E-state index in [1.165, 1.54) is 5.56 Å². The number of ether oxygens (including phenoxy) is 1. The molecule has 0 aliphatic carbocycles. The Morgan fingerprint density at radius 3 is 2.81 bits per heavy atom. The second-order valence-electron chi connectivity index (χ2n) is 4.84. The number of benzene rings is 1. The van der Waals surface area contributed by atoms with Crippen LogP contribution in [-0.2, 0) is 6.42 Å². The predicted molar refractivity (Wildman–Crippen MR) is 63.7 cm³/mol. The van der Waals surface area contributed by atoms with E-state index in [1.54, 1.807) is 0 Å². The van der Waals surface area contributed by atoms with Crippen LogP contribution >= 0.6 is 0 Å². The van der Waals surface area contributed by atoms with Gasteiger partial charge in [0, 0.05) is 6.42 Å². The zero-order valence-electron chi connectivity index (χ0n) is 10.1. The summed E-state index contributed by atoms with van der Waals surface area (Å²) in [4.78, 5) is 0. The standard InChI is InChI=1S/C13H19NO2/c1-13(2,15)12(14-3)10-4-5-11-9(8-10)6-7-16-11/h4-5,8,12,14-15H,6-7H2,1-3H3. The van der Waals surface area contributed by atoms with E-state index in [0.29, 0.717) is 0 Å². The first-order chi connectivity index (χ1) is 7.52. The van der Waals surface area contributed by atoms with Crippen molar-refractivity contribution < 1.29 is 9.84 Å². The Bertz CT molecular complexity index is 382. The highest BCUT2D eigenvalue weighted by molar-refractivity contribution is 5.41. The second kappa shape index (κ2) is 4.07. The van der Waals surface area contributed by atoms with E-state index in [-0.39, 0.29) is 6.04 Å². The highest BCUT2D eigenvalue weighted by Crippen LogP contribution is 2.31. The summed E-state index contributed by atoms with van der Waals surface area (Å²) in [6, 6.07) is 6.08. The van der Waals surface area contributed by atoms with Crippen molar-refractivity contribution >= 4 is 0 Å². The molecule has 0 fully saturated rings. The first-order valence-electron chi connectivity index (χ1n) is 5.67. The summed E-state index contributed by atoms with van der Waals surface area (Å²) >= 11 is 0. The van der Waals surface area contributed by atoms with Crippen molar-refractivity contribution in [3.8, 4) is 5.75 Å². The lowest BCUT2D eigenvalue weighted by Crippen LogP contribution is -2.37. The zero-order valence-corrected chi connectivity index (χ0v) is 10.1. The average molecular weight is 221 g/mol. The molecule has 0 spiro atoms. The summed E-state index contributed by atoms with van der Waals surface area (Å²) in [5.41, 5.74) is 1.57. The number of nitrogens with one attached hydrogen (secondary N) is 1. The fourth-order valence-corrected chi connectivity index (χ4v) is 2.31. The molecule has 0 amide bonds. The van der Waals surface area contributed by atoms with E-state index in [2.05, 4.69) is 11.4 Å². The molecule has 1 aromatic carbocycles. The monoisotopic (exact) mass is 221 g/mol. The largest absolute Gasteiger partial charge is 0.493 e. The minimum Gasteiger partial charge on any atom is -0.493 e. The van der Waals surface area contributed by atoms with Crippen LogP contribution in [-0.4, -0.2) is 24.4 Å². The molecular weight excluding hydrogens is 202 g/mol. The van der Waals surface area contributed by atoms with Crippen LogP contribution in [0.25, 0.3) is 0 Å². The number of rotatable bonds is 3. The van der Waals surface area contributed by atoms with Crippen LogP contribution < -0.4 is 10.1 Å². The maximum absolute atomic E-state index is 10.1. The molecule has 88 valence electrons. The normalized spacial score (nSPS) is 16.8. The summed E-state index contributed by atoms with van der Waals surface area (Å²) in [7, 11) is 1.87. The van der Waals surface area contributed by atoms with Gasteiger partial charge in [-0.1, -0.05) is 12.1 Å². The molecule has 1 unspecified atom stereocenters. The smallest absolute Gasteiger partial charge is 0.122 e. The number of fused-ring (bicyclic) bond motifs is 1. The number of likely N-dealkylation sites (N-methyl/N-ethyl adjacent to an activating group) is 1. The van der Waals surface area contributed by atoms with E-state index in [1.807, 2.05) is 33.0 Å². The molecule has 1 aromatic rings. The van der Waals surface area contributed by atoms with E-state index >= 15 is 0 Å². The lowest BCUT2D eigenvalue weighted by molar-refractivity contribution is 0.0400. The van der Waals surface area contributed by atoms with Gasteiger partial charge in [0.15, 0.2) is 0 Å². The van der Waals surface area contributed by atoms with Crippen molar-refractivity contribution in [2.45, 2.75) is 31.9 Å². The lowest BCUT2D eigenvalue weighted by Gasteiger charge is -2.29. The minimum atomic E-state index is -0.775. The average Bonchev–Trinajstić information content (AvgIpc) is 2.63. The molecule has 3 nitrogen and oxygen atoms in total. The SMILES string of the molecule is CNC(c1ccc2c(c1)CCO2)C(C)(C)O. The maximum Gasteiger partial charge on any atom is 0.122 e. The molecule has 2 N–H and O–H groups in total. The first-order valence-corrected chi connectivity index (χ1v) is 5.67. The van der Waals surface area contributed by atoms with Gasteiger partial charge < -0.3 is 15.2 Å². The van der Waals surface area contributed by atoms with Gasteiger partial charge in [-0.05, 0) is 38.1 Å². The Hall–Kier alpha value is -1.06. The molecule has 1 aliphatic rings. The molecule has 1 heterocycles.